The highest BCUT2D eigenvalue weighted by atomic mass is 32.2. The summed E-state index contributed by atoms with van der Waals surface area (Å²) in [7, 11) is 0. The first-order valence-electron chi connectivity index (χ1n) is 10.1. The van der Waals surface area contributed by atoms with Crippen LogP contribution in [0.5, 0.6) is 0 Å². The number of hydrogen-bond acceptors (Lipinski definition) is 3. The van der Waals surface area contributed by atoms with E-state index in [2.05, 4.69) is 43.4 Å². The predicted molar refractivity (Wildman–Crippen MR) is 105 cm³/mol. The molecule has 5 rings (SSSR count). The summed E-state index contributed by atoms with van der Waals surface area (Å²) in [5.41, 5.74) is 2.58. The van der Waals surface area contributed by atoms with Gasteiger partial charge in [0.1, 0.15) is 0 Å². The molecule has 134 valence electrons. The Balaban J connectivity index is 1.49. The second kappa shape index (κ2) is 5.45. The number of rotatable bonds is 0. The van der Waals surface area contributed by atoms with Crippen molar-refractivity contribution in [2.75, 3.05) is 11.5 Å². The average molecular weight is 365 g/mol. The van der Waals surface area contributed by atoms with Gasteiger partial charge < -0.3 is 5.11 Å². The number of allylic oxidation sites excluding steroid dienone is 1. The van der Waals surface area contributed by atoms with Crippen molar-refractivity contribution in [2.45, 2.75) is 75.4 Å². The van der Waals surface area contributed by atoms with E-state index in [1.54, 1.807) is 5.57 Å². The summed E-state index contributed by atoms with van der Waals surface area (Å²) >= 11 is 4.63. The van der Waals surface area contributed by atoms with Crippen molar-refractivity contribution < 1.29 is 5.11 Å². The second-order valence-electron chi connectivity index (χ2n) is 9.60. The van der Waals surface area contributed by atoms with Gasteiger partial charge in [-0.3, -0.25) is 0 Å². The van der Waals surface area contributed by atoms with Crippen LogP contribution in [0.4, 0.5) is 0 Å². The first kappa shape index (κ1) is 16.6. The minimum atomic E-state index is -0.0734. The second-order valence-corrected chi connectivity index (χ2v) is 12.6. The molecule has 0 aromatic heterocycles. The van der Waals surface area contributed by atoms with E-state index < -0.39 is 0 Å². The Labute approximate surface area is 155 Å². The molecule has 6 unspecified atom stereocenters. The van der Waals surface area contributed by atoms with Crippen LogP contribution in [0.1, 0.15) is 65.2 Å². The summed E-state index contributed by atoms with van der Waals surface area (Å²) in [5.74, 6) is 5.49. The lowest BCUT2D eigenvalue weighted by atomic mass is 9.48. The van der Waals surface area contributed by atoms with Gasteiger partial charge in [-0.2, -0.15) is 0 Å². The summed E-state index contributed by atoms with van der Waals surface area (Å²) in [4.78, 5) is 0. The summed E-state index contributed by atoms with van der Waals surface area (Å²) in [6.45, 7) is 5.21. The van der Waals surface area contributed by atoms with Crippen molar-refractivity contribution in [3.8, 4) is 0 Å². The van der Waals surface area contributed by atoms with Gasteiger partial charge >= 0.3 is 0 Å². The highest BCUT2D eigenvalue weighted by molar-refractivity contribution is 8.21. The molecule has 1 nitrogen and oxygen atoms in total. The number of fused-ring (bicyclic) bond motifs is 6. The van der Waals surface area contributed by atoms with Crippen LogP contribution in [0.3, 0.4) is 0 Å². The topological polar surface area (TPSA) is 20.2 Å². The SMILES string of the molecule is CC12CCC(O)CC1=CCC1C2CCC2(C)C1CCC21SCCS1. The predicted octanol–water partition coefficient (Wildman–Crippen LogP) is 5.49. The smallest absolute Gasteiger partial charge is 0.0667 e. The molecule has 0 aromatic carbocycles. The lowest BCUT2D eigenvalue weighted by Gasteiger charge is -2.59. The highest BCUT2D eigenvalue weighted by Gasteiger charge is 2.65. The van der Waals surface area contributed by atoms with E-state index in [9.17, 15) is 5.11 Å². The van der Waals surface area contributed by atoms with Gasteiger partial charge in [-0.05, 0) is 80.0 Å². The Morgan fingerprint density at radius 3 is 2.54 bits per heavy atom. The Morgan fingerprint density at radius 2 is 1.75 bits per heavy atom. The molecule has 24 heavy (non-hydrogen) atoms. The third-order valence-electron chi connectivity index (χ3n) is 8.88. The molecule has 6 atom stereocenters. The fourth-order valence-electron chi connectivity index (χ4n) is 7.53. The molecule has 0 amide bonds. The fourth-order valence-corrected chi connectivity index (χ4v) is 11.4. The fraction of sp³-hybridized carbons (Fsp3) is 0.905. The van der Waals surface area contributed by atoms with E-state index in [-0.39, 0.29) is 6.10 Å². The first-order chi connectivity index (χ1) is 11.5. The molecule has 5 aliphatic rings. The van der Waals surface area contributed by atoms with Crippen LogP contribution in [0.15, 0.2) is 11.6 Å². The largest absolute Gasteiger partial charge is 0.393 e. The van der Waals surface area contributed by atoms with Gasteiger partial charge in [-0.25, -0.2) is 0 Å². The molecule has 0 radical (unpaired) electrons. The van der Waals surface area contributed by atoms with Gasteiger partial charge in [0, 0.05) is 11.5 Å². The molecule has 3 heteroatoms. The Bertz CT molecular complexity index is 566. The molecule has 0 bridgehead atoms. The van der Waals surface area contributed by atoms with Crippen molar-refractivity contribution in [2.24, 2.45) is 28.6 Å². The molecule has 3 saturated carbocycles. The van der Waals surface area contributed by atoms with E-state index in [1.165, 1.54) is 50.0 Å². The summed E-state index contributed by atoms with van der Waals surface area (Å²) in [5, 5.41) is 10.1. The van der Waals surface area contributed by atoms with Crippen molar-refractivity contribution >= 4 is 23.5 Å². The van der Waals surface area contributed by atoms with Crippen molar-refractivity contribution in [3.63, 3.8) is 0 Å². The maximum atomic E-state index is 10.1. The molecule has 4 fully saturated rings. The zero-order valence-electron chi connectivity index (χ0n) is 15.2. The van der Waals surface area contributed by atoms with E-state index in [0.29, 0.717) is 14.9 Å². The maximum Gasteiger partial charge on any atom is 0.0667 e. The number of aliphatic hydroxyl groups excluding tert-OH is 1. The standard InChI is InChI=1S/C21H32OS2/c1-19-8-5-15(22)13-14(19)3-4-16-17(19)6-9-20(2)18(16)7-10-21(20)23-11-12-24-21/h3,15-18,22H,4-13H2,1-2H3. The molecule has 0 aromatic rings. The highest BCUT2D eigenvalue weighted by Crippen LogP contribution is 2.73. The number of hydrogen-bond donors (Lipinski definition) is 1. The minimum absolute atomic E-state index is 0.0734. The lowest BCUT2D eigenvalue weighted by Crippen LogP contribution is -2.52. The molecule has 1 spiro atoms. The zero-order valence-corrected chi connectivity index (χ0v) is 16.9. The van der Waals surface area contributed by atoms with Crippen LogP contribution in [0.25, 0.3) is 0 Å². The zero-order chi connectivity index (χ0) is 16.6. The number of thioether (sulfide) groups is 2. The van der Waals surface area contributed by atoms with Crippen LogP contribution in [0, 0.1) is 28.6 Å². The molecule has 4 aliphatic carbocycles. The molecular formula is C21H32OS2. The van der Waals surface area contributed by atoms with Crippen LogP contribution in [-0.4, -0.2) is 26.8 Å². The van der Waals surface area contributed by atoms with E-state index in [1.807, 2.05) is 0 Å². The molecule has 1 heterocycles. The Hall–Kier alpha value is 0.400. The Morgan fingerprint density at radius 1 is 1.00 bits per heavy atom. The third-order valence-corrected chi connectivity index (χ3v) is 12.9. The van der Waals surface area contributed by atoms with E-state index in [0.717, 1.165) is 30.6 Å². The van der Waals surface area contributed by atoms with Crippen LogP contribution >= 0.6 is 23.5 Å². The van der Waals surface area contributed by atoms with Gasteiger partial charge in [0.25, 0.3) is 0 Å². The van der Waals surface area contributed by atoms with E-state index in [4.69, 9.17) is 0 Å². The molecular weight excluding hydrogens is 332 g/mol. The first-order valence-corrected chi connectivity index (χ1v) is 12.1. The molecule has 1 aliphatic heterocycles. The maximum absolute atomic E-state index is 10.1. The summed E-state index contributed by atoms with van der Waals surface area (Å²) < 4.78 is 0.552. The van der Waals surface area contributed by atoms with Crippen molar-refractivity contribution in [1.29, 1.82) is 0 Å². The lowest BCUT2D eigenvalue weighted by molar-refractivity contribution is -0.0368. The van der Waals surface area contributed by atoms with Gasteiger partial charge in [0.2, 0.25) is 0 Å². The molecule has 1 saturated heterocycles. The quantitative estimate of drug-likeness (QED) is 0.574. The average Bonchev–Trinajstić information content (AvgIpc) is 3.15. The van der Waals surface area contributed by atoms with Crippen LogP contribution in [0.2, 0.25) is 0 Å². The van der Waals surface area contributed by atoms with Crippen LogP contribution in [-0.2, 0) is 0 Å². The normalized spacial score (nSPS) is 52.5. The van der Waals surface area contributed by atoms with Gasteiger partial charge in [0.05, 0.1) is 10.2 Å². The van der Waals surface area contributed by atoms with Crippen molar-refractivity contribution in [3.05, 3.63) is 11.6 Å². The van der Waals surface area contributed by atoms with Gasteiger partial charge in [-0.15, -0.1) is 23.5 Å². The monoisotopic (exact) mass is 364 g/mol. The minimum Gasteiger partial charge on any atom is -0.393 e. The third kappa shape index (κ3) is 2.01. The van der Waals surface area contributed by atoms with E-state index >= 15 is 0 Å². The Kier molecular flexibility index (Phi) is 3.76. The summed E-state index contributed by atoms with van der Waals surface area (Å²) in [6.07, 6.45) is 12.8. The van der Waals surface area contributed by atoms with Crippen molar-refractivity contribution in [1.82, 2.24) is 0 Å². The summed E-state index contributed by atoms with van der Waals surface area (Å²) in [6, 6.07) is 0. The molecule has 1 N–H and O–H groups in total. The van der Waals surface area contributed by atoms with Gasteiger partial charge in [-0.1, -0.05) is 25.5 Å². The van der Waals surface area contributed by atoms with Gasteiger partial charge in [0.15, 0.2) is 0 Å². The number of aliphatic hydroxyl groups is 1. The van der Waals surface area contributed by atoms with Crippen LogP contribution < -0.4 is 0 Å².